The zero-order valence-corrected chi connectivity index (χ0v) is 13.7. The first-order valence-corrected chi connectivity index (χ1v) is 7.36. The molecule has 2 aromatic rings. The lowest BCUT2D eigenvalue weighted by Crippen LogP contribution is -2.13. The van der Waals surface area contributed by atoms with Crippen molar-refractivity contribution in [1.82, 2.24) is 0 Å². The molecule has 2 nitrogen and oxygen atoms in total. The zero-order valence-electron chi connectivity index (χ0n) is 12.2. The predicted octanol–water partition coefficient (Wildman–Crippen LogP) is 5.83. The van der Waals surface area contributed by atoms with Gasteiger partial charge >= 0.3 is 6.18 Å². The summed E-state index contributed by atoms with van der Waals surface area (Å²) in [7, 11) is 0. The highest BCUT2D eigenvalue weighted by molar-refractivity contribution is 6.35. The molecule has 2 aromatic carbocycles. The van der Waals surface area contributed by atoms with Gasteiger partial charge in [-0.3, -0.25) is 4.79 Å². The van der Waals surface area contributed by atoms with Gasteiger partial charge in [-0.15, -0.1) is 0 Å². The van der Waals surface area contributed by atoms with E-state index < -0.39 is 28.9 Å². The molecule has 0 bridgehead atoms. The van der Waals surface area contributed by atoms with Crippen molar-refractivity contribution in [2.45, 2.75) is 6.18 Å². The largest absolute Gasteiger partial charge is 0.417 e. The van der Waals surface area contributed by atoms with Gasteiger partial charge in [0.05, 0.1) is 11.1 Å². The maximum Gasteiger partial charge on any atom is 0.417 e. The molecule has 0 aliphatic heterocycles. The first-order chi connectivity index (χ1) is 11.6. The van der Waals surface area contributed by atoms with E-state index in [9.17, 15) is 22.4 Å². The summed E-state index contributed by atoms with van der Waals surface area (Å²) in [6, 6.07) is 7.52. The average Bonchev–Trinajstić information content (AvgIpc) is 2.50. The van der Waals surface area contributed by atoms with Crippen LogP contribution in [0.2, 0.25) is 10.0 Å². The number of nitrogens with zero attached hydrogens (tertiary/aromatic N) is 1. The smallest absolute Gasteiger partial charge is 0.289 e. The lowest BCUT2D eigenvalue weighted by atomic mass is 10.0. The monoisotopic (exact) mass is 387 g/mol. The summed E-state index contributed by atoms with van der Waals surface area (Å²) in [5.74, 6) is -1.92. The quantitative estimate of drug-likeness (QED) is 0.377. The maximum atomic E-state index is 13.3. The van der Waals surface area contributed by atoms with Gasteiger partial charge in [0.1, 0.15) is 11.9 Å². The highest BCUT2D eigenvalue weighted by Crippen LogP contribution is 2.36. The number of nitriles is 1. The Labute approximate surface area is 149 Å². The fourth-order valence-corrected chi connectivity index (χ4v) is 2.54. The van der Waals surface area contributed by atoms with Crippen molar-refractivity contribution in [3.8, 4) is 6.07 Å². The van der Waals surface area contributed by atoms with Crippen LogP contribution in [0.15, 0.2) is 42.5 Å². The molecular formula is C17H7Cl2F4NO. The summed E-state index contributed by atoms with van der Waals surface area (Å²) >= 11 is 11.4. The zero-order chi connectivity index (χ0) is 18.8. The molecule has 25 heavy (non-hydrogen) atoms. The standard InChI is InChI=1S/C17H7Cl2F4NO/c18-12-4-10(5-13(19)6-12)14(17(21,22)23)7-16(25)9-1-2-15(20)11(3-9)8-24/h1-7H. The Hall–Kier alpha value is -2.36. The molecule has 128 valence electrons. The number of hydrogen-bond acceptors (Lipinski definition) is 2. The van der Waals surface area contributed by atoms with Crippen molar-refractivity contribution in [1.29, 1.82) is 5.26 Å². The first kappa shape index (κ1) is 19.0. The van der Waals surface area contributed by atoms with E-state index in [-0.39, 0.29) is 21.2 Å². The second kappa shape index (κ2) is 7.26. The predicted molar refractivity (Wildman–Crippen MR) is 85.9 cm³/mol. The van der Waals surface area contributed by atoms with Crippen molar-refractivity contribution in [2.75, 3.05) is 0 Å². The molecule has 8 heteroatoms. The average molecular weight is 388 g/mol. The summed E-state index contributed by atoms with van der Waals surface area (Å²) in [5, 5.41) is 8.69. The van der Waals surface area contributed by atoms with E-state index in [2.05, 4.69) is 0 Å². The van der Waals surface area contributed by atoms with E-state index in [0.29, 0.717) is 6.08 Å². The third kappa shape index (κ3) is 4.59. The van der Waals surface area contributed by atoms with Crippen LogP contribution < -0.4 is 0 Å². The van der Waals surface area contributed by atoms with E-state index >= 15 is 0 Å². The van der Waals surface area contributed by atoms with E-state index in [1.165, 1.54) is 12.1 Å². The van der Waals surface area contributed by atoms with Crippen LogP contribution in [0.25, 0.3) is 5.57 Å². The lowest BCUT2D eigenvalue weighted by molar-refractivity contribution is -0.0689. The Morgan fingerprint density at radius 3 is 2.16 bits per heavy atom. The molecule has 0 aromatic heterocycles. The van der Waals surface area contributed by atoms with Crippen LogP contribution in [0, 0.1) is 17.1 Å². The Kier molecular flexibility index (Phi) is 5.51. The summed E-state index contributed by atoms with van der Waals surface area (Å²) in [6.07, 6.45) is -4.50. The molecule has 0 unspecified atom stereocenters. The molecule has 0 heterocycles. The van der Waals surface area contributed by atoms with E-state index in [0.717, 1.165) is 30.3 Å². The topological polar surface area (TPSA) is 40.9 Å². The number of carbonyl (C=O) groups is 1. The van der Waals surface area contributed by atoms with Crippen LogP contribution in [0.5, 0.6) is 0 Å². The molecular weight excluding hydrogens is 381 g/mol. The van der Waals surface area contributed by atoms with E-state index in [4.69, 9.17) is 28.5 Å². The number of allylic oxidation sites excluding steroid dienone is 2. The number of hydrogen-bond donors (Lipinski definition) is 0. The molecule has 0 spiro atoms. The molecule has 0 aliphatic carbocycles. The molecule has 0 amide bonds. The van der Waals surface area contributed by atoms with Crippen molar-refractivity contribution in [3.05, 3.63) is 75.0 Å². The van der Waals surface area contributed by atoms with Crippen molar-refractivity contribution in [2.24, 2.45) is 0 Å². The van der Waals surface area contributed by atoms with Gasteiger partial charge in [0, 0.05) is 15.6 Å². The van der Waals surface area contributed by atoms with Gasteiger partial charge in [0.2, 0.25) is 0 Å². The van der Waals surface area contributed by atoms with E-state index in [1.54, 1.807) is 0 Å². The molecule has 0 saturated heterocycles. The van der Waals surface area contributed by atoms with Gasteiger partial charge in [0.15, 0.2) is 5.78 Å². The maximum absolute atomic E-state index is 13.3. The fraction of sp³-hybridized carbons (Fsp3) is 0.0588. The molecule has 0 radical (unpaired) electrons. The Balaban J connectivity index is 2.55. The second-order valence-corrected chi connectivity index (χ2v) is 5.76. The molecule has 2 rings (SSSR count). The number of rotatable bonds is 3. The Bertz CT molecular complexity index is 894. The molecule has 0 atom stereocenters. The minimum Gasteiger partial charge on any atom is -0.289 e. The van der Waals surface area contributed by atoms with Crippen molar-refractivity contribution in [3.63, 3.8) is 0 Å². The van der Waals surface area contributed by atoms with Crippen LogP contribution in [0.3, 0.4) is 0 Å². The highest BCUT2D eigenvalue weighted by atomic mass is 35.5. The number of alkyl halides is 3. The summed E-state index contributed by atoms with van der Waals surface area (Å²) in [4.78, 5) is 12.2. The highest BCUT2D eigenvalue weighted by Gasteiger charge is 2.35. The molecule has 0 fully saturated rings. The summed E-state index contributed by atoms with van der Waals surface area (Å²) < 4.78 is 53.3. The van der Waals surface area contributed by atoms with Crippen LogP contribution >= 0.6 is 23.2 Å². The summed E-state index contributed by atoms with van der Waals surface area (Å²) in [5.41, 5.74) is -2.35. The Morgan fingerprint density at radius 2 is 1.64 bits per heavy atom. The van der Waals surface area contributed by atoms with Crippen LogP contribution in [-0.2, 0) is 0 Å². The lowest BCUT2D eigenvalue weighted by Gasteiger charge is -2.13. The van der Waals surface area contributed by atoms with E-state index in [1.807, 2.05) is 0 Å². The summed E-state index contributed by atoms with van der Waals surface area (Å²) in [6.45, 7) is 0. The number of ketones is 1. The number of halogens is 6. The second-order valence-electron chi connectivity index (χ2n) is 4.88. The van der Waals surface area contributed by atoms with Gasteiger partial charge in [-0.05, 0) is 48.0 Å². The van der Waals surface area contributed by atoms with Crippen molar-refractivity contribution >= 4 is 34.6 Å². The third-order valence-corrected chi connectivity index (χ3v) is 3.56. The van der Waals surface area contributed by atoms with Gasteiger partial charge in [-0.1, -0.05) is 23.2 Å². The SMILES string of the molecule is N#Cc1cc(C(=O)C=C(c2cc(Cl)cc(Cl)c2)C(F)(F)F)ccc1F. The van der Waals surface area contributed by atoms with Gasteiger partial charge in [-0.25, -0.2) is 4.39 Å². The number of carbonyl (C=O) groups excluding carboxylic acids is 1. The van der Waals surface area contributed by atoms with Crippen LogP contribution in [0.4, 0.5) is 17.6 Å². The fourth-order valence-electron chi connectivity index (χ4n) is 2.02. The molecule has 0 aliphatic rings. The van der Waals surface area contributed by atoms with Gasteiger partial charge < -0.3 is 0 Å². The number of benzene rings is 2. The Morgan fingerprint density at radius 1 is 1.04 bits per heavy atom. The normalized spacial score (nSPS) is 12.0. The van der Waals surface area contributed by atoms with Gasteiger partial charge in [-0.2, -0.15) is 18.4 Å². The van der Waals surface area contributed by atoms with Crippen LogP contribution in [0.1, 0.15) is 21.5 Å². The molecule has 0 N–H and O–H groups in total. The van der Waals surface area contributed by atoms with Gasteiger partial charge in [0.25, 0.3) is 0 Å². The van der Waals surface area contributed by atoms with Crippen LogP contribution in [-0.4, -0.2) is 12.0 Å². The third-order valence-electron chi connectivity index (χ3n) is 3.13. The minimum absolute atomic E-state index is 0.0290. The first-order valence-electron chi connectivity index (χ1n) is 6.61. The molecule has 0 saturated carbocycles. The minimum atomic E-state index is -4.86. The van der Waals surface area contributed by atoms with Crippen molar-refractivity contribution < 1.29 is 22.4 Å².